The number of rotatable bonds is 7. The lowest BCUT2D eigenvalue weighted by molar-refractivity contribution is -0.677. The maximum absolute atomic E-state index is 5.65. The Hall–Kier alpha value is -2.94. The molecular weight excluding hydrogens is 543 g/mol. The highest BCUT2D eigenvalue weighted by Gasteiger charge is 2.21. The summed E-state index contributed by atoms with van der Waals surface area (Å²) in [4.78, 5) is 0. The number of aromatic nitrogens is 2. The topological polar surface area (TPSA) is 45.7 Å². The summed E-state index contributed by atoms with van der Waals surface area (Å²) >= 11 is 0. The number of aryl methyl sites for hydroxylation is 3. The molecule has 0 aliphatic heterocycles. The van der Waals surface area contributed by atoms with E-state index < -0.39 is 0 Å². The molecule has 0 spiro atoms. The van der Waals surface area contributed by atoms with E-state index in [9.17, 15) is 0 Å². The molecule has 0 saturated heterocycles. The standard InChI is InChI=1S/C27H31N2O4.HI/c1-17-8-9-18(2)29(17)22-16-27(33-7)25(31-5)14-20(22)12-23-21-15-26(32-6)24(30-4)13-19(21)10-11-28(23)3;/h8-11,13-16H,12H2,1-7H3;1H/q+1;/p-1. The van der Waals surface area contributed by atoms with Crippen LogP contribution in [0.15, 0.2) is 48.7 Å². The fourth-order valence-electron chi connectivity index (χ4n) is 4.46. The maximum atomic E-state index is 5.65. The van der Waals surface area contributed by atoms with Crippen LogP contribution in [0.1, 0.15) is 22.6 Å². The van der Waals surface area contributed by atoms with Gasteiger partial charge in [0.25, 0.3) is 0 Å². The Morgan fingerprint density at radius 1 is 0.735 bits per heavy atom. The molecule has 0 radical (unpaired) electrons. The maximum Gasteiger partial charge on any atom is 0.193 e. The van der Waals surface area contributed by atoms with Gasteiger partial charge in [-0.1, -0.05) is 0 Å². The number of benzene rings is 2. The van der Waals surface area contributed by atoms with Crippen LogP contribution in [-0.4, -0.2) is 33.0 Å². The minimum atomic E-state index is 0. The quantitative estimate of drug-likeness (QED) is 0.249. The molecule has 0 atom stereocenters. The highest BCUT2D eigenvalue weighted by atomic mass is 127. The number of fused-ring (bicyclic) bond motifs is 1. The van der Waals surface area contributed by atoms with Gasteiger partial charge in [0.1, 0.15) is 7.05 Å². The van der Waals surface area contributed by atoms with Crippen molar-refractivity contribution in [3.05, 3.63) is 71.3 Å². The predicted molar refractivity (Wildman–Crippen MR) is 129 cm³/mol. The molecule has 0 N–H and O–H groups in total. The highest BCUT2D eigenvalue weighted by Crippen LogP contribution is 2.37. The number of halogens is 1. The van der Waals surface area contributed by atoms with Gasteiger partial charge in [-0.15, -0.1) is 0 Å². The Kier molecular flexibility index (Phi) is 7.97. The first-order valence-corrected chi connectivity index (χ1v) is 10.8. The van der Waals surface area contributed by atoms with Crippen molar-refractivity contribution >= 4 is 10.8 Å². The molecule has 0 fully saturated rings. The van der Waals surface area contributed by atoms with Crippen LogP contribution in [-0.2, 0) is 13.5 Å². The molecule has 4 rings (SSSR count). The second-order valence-electron chi connectivity index (χ2n) is 8.13. The molecule has 0 saturated carbocycles. The Balaban J connectivity index is 0.00000324. The van der Waals surface area contributed by atoms with E-state index in [0.717, 1.165) is 44.9 Å². The SMILES string of the molecule is COc1cc(Cc2c3cc(OC)c(OC)cc3cc[n+]2C)c(-n2c(C)ccc2C)cc1OC.[I-]. The lowest BCUT2D eigenvalue weighted by atomic mass is 10.00. The number of ether oxygens (including phenoxy) is 4. The summed E-state index contributed by atoms with van der Waals surface area (Å²) in [5.74, 6) is 2.84. The molecule has 0 aliphatic carbocycles. The summed E-state index contributed by atoms with van der Waals surface area (Å²) < 4.78 is 26.8. The first-order valence-electron chi connectivity index (χ1n) is 10.8. The minimum absolute atomic E-state index is 0. The van der Waals surface area contributed by atoms with E-state index in [1.807, 2.05) is 6.07 Å². The largest absolute Gasteiger partial charge is 1.00 e. The molecule has 0 aliphatic rings. The second-order valence-corrected chi connectivity index (χ2v) is 8.13. The van der Waals surface area contributed by atoms with Crippen molar-refractivity contribution in [2.75, 3.05) is 28.4 Å². The van der Waals surface area contributed by atoms with Gasteiger partial charge in [-0.2, -0.15) is 0 Å². The summed E-state index contributed by atoms with van der Waals surface area (Å²) in [6.45, 7) is 4.23. The molecule has 0 amide bonds. The molecular formula is C27H31IN2O4. The van der Waals surface area contributed by atoms with Gasteiger partial charge in [-0.3, -0.25) is 0 Å². The third kappa shape index (κ3) is 4.53. The van der Waals surface area contributed by atoms with Crippen molar-refractivity contribution in [3.63, 3.8) is 0 Å². The fourth-order valence-corrected chi connectivity index (χ4v) is 4.46. The van der Waals surface area contributed by atoms with E-state index in [2.05, 4.69) is 72.6 Å². The molecule has 180 valence electrons. The fraction of sp³-hybridized carbons (Fsp3) is 0.296. The van der Waals surface area contributed by atoms with Gasteiger partial charge >= 0.3 is 0 Å². The van der Waals surface area contributed by atoms with E-state index in [4.69, 9.17) is 18.9 Å². The third-order valence-electron chi connectivity index (χ3n) is 6.22. The molecule has 2 heterocycles. The average molecular weight is 574 g/mol. The summed E-state index contributed by atoms with van der Waals surface area (Å²) in [5, 5.41) is 2.20. The second kappa shape index (κ2) is 10.5. The molecule has 2 aromatic carbocycles. The van der Waals surface area contributed by atoms with Crippen LogP contribution in [0.2, 0.25) is 0 Å². The number of nitrogens with zero attached hydrogens (tertiary/aromatic N) is 2. The Labute approximate surface area is 218 Å². The summed E-state index contributed by atoms with van der Waals surface area (Å²) in [5.41, 5.74) is 5.69. The number of methoxy groups -OCH3 is 4. The van der Waals surface area contributed by atoms with Gasteiger partial charge in [0.2, 0.25) is 0 Å². The number of hydrogen-bond donors (Lipinski definition) is 0. The first kappa shape index (κ1) is 25.7. The molecule has 0 unspecified atom stereocenters. The monoisotopic (exact) mass is 574 g/mol. The van der Waals surface area contributed by atoms with Gasteiger partial charge in [-0.05, 0) is 55.1 Å². The van der Waals surface area contributed by atoms with Crippen molar-refractivity contribution in [3.8, 4) is 28.7 Å². The summed E-state index contributed by atoms with van der Waals surface area (Å²) in [6.07, 6.45) is 2.77. The van der Waals surface area contributed by atoms with Gasteiger partial charge in [0, 0.05) is 23.5 Å². The van der Waals surface area contributed by atoms with Crippen molar-refractivity contribution in [1.29, 1.82) is 0 Å². The van der Waals surface area contributed by atoms with E-state index in [1.165, 1.54) is 0 Å². The molecule has 0 bridgehead atoms. The smallest absolute Gasteiger partial charge is 0.193 e. The van der Waals surface area contributed by atoms with Gasteiger partial charge in [0.15, 0.2) is 34.9 Å². The van der Waals surface area contributed by atoms with Crippen molar-refractivity contribution in [1.82, 2.24) is 4.57 Å². The van der Waals surface area contributed by atoms with Crippen LogP contribution >= 0.6 is 0 Å². The predicted octanol–water partition coefficient (Wildman–Crippen LogP) is 1.70. The van der Waals surface area contributed by atoms with E-state index >= 15 is 0 Å². The summed E-state index contributed by atoms with van der Waals surface area (Å²) in [7, 11) is 8.73. The van der Waals surface area contributed by atoms with E-state index in [1.54, 1.807) is 28.4 Å². The van der Waals surface area contributed by atoms with Crippen LogP contribution in [0, 0.1) is 13.8 Å². The number of pyridine rings is 1. The van der Waals surface area contributed by atoms with Gasteiger partial charge in [-0.25, -0.2) is 4.57 Å². The molecule has 2 aromatic heterocycles. The van der Waals surface area contributed by atoms with Crippen molar-refractivity contribution in [2.45, 2.75) is 20.3 Å². The zero-order chi connectivity index (χ0) is 23.7. The zero-order valence-electron chi connectivity index (χ0n) is 20.7. The van der Waals surface area contributed by atoms with Crippen molar-refractivity contribution in [2.24, 2.45) is 7.05 Å². The van der Waals surface area contributed by atoms with Crippen LogP contribution in [0.4, 0.5) is 0 Å². The van der Waals surface area contributed by atoms with Crippen molar-refractivity contribution < 1.29 is 47.5 Å². The highest BCUT2D eigenvalue weighted by molar-refractivity contribution is 5.87. The van der Waals surface area contributed by atoms with Crippen LogP contribution in [0.25, 0.3) is 16.5 Å². The van der Waals surface area contributed by atoms with Crippen LogP contribution in [0.5, 0.6) is 23.0 Å². The molecule has 6 nitrogen and oxygen atoms in total. The van der Waals surface area contributed by atoms with Gasteiger partial charge < -0.3 is 47.5 Å². The third-order valence-corrected chi connectivity index (χ3v) is 6.22. The van der Waals surface area contributed by atoms with Gasteiger partial charge in [0.05, 0.1) is 45.9 Å². The Morgan fingerprint density at radius 3 is 1.85 bits per heavy atom. The lowest BCUT2D eigenvalue weighted by Gasteiger charge is -2.18. The molecule has 34 heavy (non-hydrogen) atoms. The number of hydrogen-bond acceptors (Lipinski definition) is 4. The average Bonchev–Trinajstić information content (AvgIpc) is 3.17. The van der Waals surface area contributed by atoms with E-state index in [-0.39, 0.29) is 24.0 Å². The normalized spacial score (nSPS) is 10.7. The zero-order valence-corrected chi connectivity index (χ0v) is 22.9. The van der Waals surface area contributed by atoms with Crippen LogP contribution in [0.3, 0.4) is 0 Å². The molecule has 7 heteroatoms. The Morgan fingerprint density at radius 2 is 1.26 bits per heavy atom. The minimum Gasteiger partial charge on any atom is -1.00 e. The first-order chi connectivity index (χ1) is 15.9. The Bertz CT molecular complexity index is 1310. The summed E-state index contributed by atoms with van der Waals surface area (Å²) in [6, 6.07) is 14.6. The lowest BCUT2D eigenvalue weighted by Crippen LogP contribution is -3.00. The molecule has 4 aromatic rings. The van der Waals surface area contributed by atoms with E-state index in [0.29, 0.717) is 23.7 Å². The van der Waals surface area contributed by atoms with Crippen LogP contribution < -0.4 is 47.5 Å².